The van der Waals surface area contributed by atoms with Gasteiger partial charge in [0.25, 0.3) is 5.56 Å². The number of thiophene rings is 1. The molecule has 0 saturated carbocycles. The molecule has 4 aromatic rings. The lowest BCUT2D eigenvalue weighted by molar-refractivity contribution is -0.116. The van der Waals surface area contributed by atoms with Crippen molar-refractivity contribution < 1.29 is 13.9 Å². The average Bonchev–Trinajstić information content (AvgIpc) is 3.27. The van der Waals surface area contributed by atoms with Crippen molar-refractivity contribution in [1.29, 1.82) is 0 Å². The molecule has 0 aliphatic rings. The van der Waals surface area contributed by atoms with E-state index in [0.717, 1.165) is 10.6 Å². The van der Waals surface area contributed by atoms with E-state index in [1.54, 1.807) is 35.7 Å². The van der Waals surface area contributed by atoms with E-state index in [0.29, 0.717) is 21.5 Å². The molecule has 0 atom stereocenters. The molecule has 10 heteroatoms. The highest BCUT2D eigenvalue weighted by Crippen LogP contribution is 2.23. The summed E-state index contributed by atoms with van der Waals surface area (Å²) in [5.74, 6) is -0.549. The van der Waals surface area contributed by atoms with Crippen LogP contribution in [0.1, 0.15) is 5.56 Å². The summed E-state index contributed by atoms with van der Waals surface area (Å²) in [4.78, 5) is 38.8. The topological polar surface area (TPSA) is 82.3 Å². The number of hydrogen-bond donors (Lipinski definition) is 1. The van der Waals surface area contributed by atoms with Crippen LogP contribution in [-0.2, 0) is 17.9 Å². The van der Waals surface area contributed by atoms with Crippen molar-refractivity contribution in [3.8, 4) is 5.75 Å². The second-order valence-electron chi connectivity index (χ2n) is 6.92. The summed E-state index contributed by atoms with van der Waals surface area (Å²) >= 11 is 7.19. The molecule has 0 aliphatic carbocycles. The molecule has 0 spiro atoms. The highest BCUT2D eigenvalue weighted by Gasteiger charge is 2.17. The molecule has 1 amide bonds. The number of hydrogen-bond acceptors (Lipinski definition) is 5. The van der Waals surface area contributed by atoms with E-state index >= 15 is 0 Å². The van der Waals surface area contributed by atoms with E-state index < -0.39 is 23.0 Å². The second kappa shape index (κ2) is 8.97. The van der Waals surface area contributed by atoms with Gasteiger partial charge >= 0.3 is 5.69 Å². The Morgan fingerprint density at radius 2 is 1.97 bits per heavy atom. The third-order valence-corrected chi connectivity index (χ3v) is 6.04. The number of rotatable bonds is 6. The van der Waals surface area contributed by atoms with Crippen LogP contribution in [0.15, 0.2) is 63.5 Å². The zero-order valence-corrected chi connectivity index (χ0v) is 18.4. The smallest absolute Gasteiger partial charge is 0.332 e. The van der Waals surface area contributed by atoms with Gasteiger partial charge in [-0.25, -0.2) is 9.18 Å². The van der Waals surface area contributed by atoms with Gasteiger partial charge in [-0.05, 0) is 47.3 Å². The first-order valence-corrected chi connectivity index (χ1v) is 10.7. The van der Waals surface area contributed by atoms with Gasteiger partial charge < -0.3 is 10.1 Å². The zero-order chi connectivity index (χ0) is 22.8. The minimum absolute atomic E-state index is 0.0139. The molecule has 7 nitrogen and oxygen atoms in total. The van der Waals surface area contributed by atoms with Gasteiger partial charge in [-0.3, -0.25) is 18.7 Å². The lowest BCUT2D eigenvalue weighted by Gasteiger charge is -2.13. The monoisotopic (exact) mass is 473 g/mol. The van der Waals surface area contributed by atoms with Crippen LogP contribution in [-0.4, -0.2) is 22.2 Å². The number of halogens is 2. The molecule has 0 unspecified atom stereocenters. The fourth-order valence-corrected chi connectivity index (χ4v) is 4.31. The summed E-state index contributed by atoms with van der Waals surface area (Å²) in [5, 5.41) is 4.35. The van der Waals surface area contributed by atoms with E-state index in [1.807, 2.05) is 0 Å². The normalized spacial score (nSPS) is 11.0. The predicted molar refractivity (Wildman–Crippen MR) is 122 cm³/mol. The maximum Gasteiger partial charge on any atom is 0.332 e. The van der Waals surface area contributed by atoms with Crippen LogP contribution in [0.25, 0.3) is 10.2 Å². The molecule has 2 aromatic heterocycles. The van der Waals surface area contributed by atoms with E-state index in [4.69, 9.17) is 16.3 Å². The molecule has 0 bridgehead atoms. The number of carbonyl (C=O) groups is 1. The number of benzene rings is 2. The van der Waals surface area contributed by atoms with Gasteiger partial charge in [0.05, 0.1) is 29.9 Å². The summed E-state index contributed by atoms with van der Waals surface area (Å²) in [6.45, 7) is -0.364. The van der Waals surface area contributed by atoms with Crippen LogP contribution >= 0.6 is 22.9 Å². The highest BCUT2D eigenvalue weighted by atomic mass is 35.5. The Kier molecular flexibility index (Phi) is 6.11. The Hall–Kier alpha value is -3.43. The van der Waals surface area contributed by atoms with E-state index in [9.17, 15) is 18.8 Å². The third kappa shape index (κ3) is 4.30. The van der Waals surface area contributed by atoms with Crippen molar-refractivity contribution in [2.45, 2.75) is 13.1 Å². The Morgan fingerprint density at radius 1 is 1.16 bits per heavy atom. The number of anilines is 1. The van der Waals surface area contributed by atoms with Crippen LogP contribution < -0.4 is 21.3 Å². The van der Waals surface area contributed by atoms with E-state index in [2.05, 4.69) is 5.32 Å². The van der Waals surface area contributed by atoms with Gasteiger partial charge in [-0.15, -0.1) is 11.3 Å². The van der Waals surface area contributed by atoms with Gasteiger partial charge in [-0.1, -0.05) is 23.7 Å². The standard InChI is InChI=1S/C22H17ClFN3O4S/c1-31-15-4-2-3-13(9-15)11-27-21(29)20-18(7-8-32-20)26(22(27)30)12-19(28)25-17-10-14(24)5-6-16(17)23/h2-10H,11-12H2,1H3,(H,25,28). The van der Waals surface area contributed by atoms with E-state index in [1.165, 1.54) is 35.1 Å². The number of methoxy groups -OCH3 is 1. The summed E-state index contributed by atoms with van der Waals surface area (Å²) in [7, 11) is 1.53. The van der Waals surface area contributed by atoms with Crippen LogP contribution in [0, 0.1) is 5.82 Å². The Morgan fingerprint density at radius 3 is 2.75 bits per heavy atom. The van der Waals surface area contributed by atoms with Crippen LogP contribution in [0.2, 0.25) is 5.02 Å². The Labute approximate surface area is 190 Å². The molecular weight excluding hydrogens is 457 g/mol. The first kappa shape index (κ1) is 21.8. The number of amides is 1. The van der Waals surface area contributed by atoms with Crippen molar-refractivity contribution in [3.63, 3.8) is 0 Å². The molecule has 32 heavy (non-hydrogen) atoms. The van der Waals surface area contributed by atoms with Crippen molar-refractivity contribution in [2.24, 2.45) is 0 Å². The van der Waals surface area contributed by atoms with Gasteiger partial charge in [0.1, 0.15) is 22.8 Å². The molecule has 2 aromatic carbocycles. The lowest BCUT2D eigenvalue weighted by atomic mass is 10.2. The number of ether oxygens (including phenoxy) is 1. The van der Waals surface area contributed by atoms with Gasteiger partial charge in [-0.2, -0.15) is 0 Å². The summed E-state index contributed by atoms with van der Waals surface area (Å²) in [6.07, 6.45) is 0. The molecule has 0 radical (unpaired) electrons. The quantitative estimate of drug-likeness (QED) is 0.463. The maximum atomic E-state index is 13.5. The third-order valence-electron chi connectivity index (χ3n) is 4.82. The molecule has 1 N–H and O–H groups in total. The summed E-state index contributed by atoms with van der Waals surface area (Å²) < 4.78 is 21.4. The minimum Gasteiger partial charge on any atom is -0.497 e. The molecule has 0 fully saturated rings. The lowest BCUT2D eigenvalue weighted by Crippen LogP contribution is -2.41. The largest absolute Gasteiger partial charge is 0.497 e. The number of nitrogens with one attached hydrogen (secondary N) is 1. The van der Waals surface area contributed by atoms with Crippen molar-refractivity contribution in [3.05, 3.63) is 91.2 Å². The maximum absolute atomic E-state index is 13.5. The van der Waals surface area contributed by atoms with Crippen molar-refractivity contribution in [2.75, 3.05) is 12.4 Å². The van der Waals surface area contributed by atoms with Crippen LogP contribution in [0.3, 0.4) is 0 Å². The minimum atomic E-state index is -0.635. The van der Waals surface area contributed by atoms with Gasteiger partial charge in [0, 0.05) is 0 Å². The summed E-state index contributed by atoms with van der Waals surface area (Å²) in [5.41, 5.74) is 0.0715. The molecular formula is C22H17ClFN3O4S. The molecule has 4 rings (SSSR count). The van der Waals surface area contributed by atoms with Gasteiger partial charge in [0.15, 0.2) is 0 Å². The number of carbonyl (C=O) groups excluding carboxylic acids is 1. The molecule has 0 aliphatic heterocycles. The first-order chi connectivity index (χ1) is 15.4. The number of aromatic nitrogens is 2. The van der Waals surface area contributed by atoms with Crippen LogP contribution in [0.4, 0.5) is 10.1 Å². The zero-order valence-electron chi connectivity index (χ0n) is 16.8. The molecule has 0 saturated heterocycles. The second-order valence-corrected chi connectivity index (χ2v) is 8.24. The van der Waals surface area contributed by atoms with Crippen molar-refractivity contribution >= 4 is 44.7 Å². The Bertz CT molecular complexity index is 1440. The van der Waals surface area contributed by atoms with Crippen LogP contribution in [0.5, 0.6) is 5.75 Å². The SMILES string of the molecule is COc1cccc(Cn2c(=O)c3sccc3n(CC(=O)Nc3cc(F)ccc3Cl)c2=O)c1. The number of nitrogens with zero attached hydrogens (tertiary/aromatic N) is 2. The molecule has 164 valence electrons. The van der Waals surface area contributed by atoms with Crippen molar-refractivity contribution in [1.82, 2.24) is 9.13 Å². The summed E-state index contributed by atoms with van der Waals surface area (Å²) in [6, 6.07) is 12.2. The van der Waals surface area contributed by atoms with E-state index in [-0.39, 0.29) is 23.8 Å². The highest BCUT2D eigenvalue weighted by molar-refractivity contribution is 7.17. The average molecular weight is 474 g/mol. The first-order valence-electron chi connectivity index (χ1n) is 9.46. The number of fused-ring (bicyclic) bond motifs is 1. The fourth-order valence-electron chi connectivity index (χ4n) is 3.31. The fraction of sp³-hybridized carbons (Fsp3) is 0.136. The predicted octanol–water partition coefficient (Wildman–Crippen LogP) is 3.71. The van der Waals surface area contributed by atoms with Gasteiger partial charge in [0.2, 0.25) is 5.91 Å². The Balaban J connectivity index is 1.72. The molecule has 2 heterocycles.